The lowest BCUT2D eigenvalue weighted by molar-refractivity contribution is -0.00861. The van der Waals surface area contributed by atoms with Gasteiger partial charge in [0.2, 0.25) is 0 Å². The Bertz CT molecular complexity index is 608. The molecule has 98 valence electrons. The minimum Gasteiger partial charge on any atom is -0.367 e. The second-order valence-corrected chi connectivity index (χ2v) is 5.05. The summed E-state index contributed by atoms with van der Waals surface area (Å²) >= 11 is 0. The number of carbonyl (C=O) groups excluding carboxylic acids is 1. The molecule has 0 bridgehead atoms. The molecular formula is C16H17NO2. The monoisotopic (exact) mass is 255 g/mol. The quantitative estimate of drug-likeness (QED) is 0.771. The number of hydrogen-bond acceptors (Lipinski definition) is 3. The van der Waals surface area contributed by atoms with Gasteiger partial charge in [0.15, 0.2) is 5.78 Å². The van der Waals surface area contributed by atoms with E-state index in [1.807, 2.05) is 43.4 Å². The largest absolute Gasteiger partial charge is 0.367 e. The van der Waals surface area contributed by atoms with E-state index in [0.29, 0.717) is 13.2 Å². The summed E-state index contributed by atoms with van der Waals surface area (Å²) in [6.45, 7) is 2.19. The molecule has 1 saturated heterocycles. The maximum Gasteiger partial charge on any atom is 0.192 e. The third kappa shape index (κ3) is 2.53. The third-order valence-electron chi connectivity index (χ3n) is 3.60. The predicted octanol–water partition coefficient (Wildman–Crippen LogP) is 2.35. The van der Waals surface area contributed by atoms with Crippen LogP contribution in [-0.2, 0) is 4.74 Å². The minimum atomic E-state index is -0.333. The van der Waals surface area contributed by atoms with Crippen molar-refractivity contribution < 1.29 is 9.53 Å². The summed E-state index contributed by atoms with van der Waals surface area (Å²) in [6, 6.07) is 13.9. The number of carbonyl (C=O) groups is 1. The standard InChI is InChI=1S/C16H17NO2/c1-17-8-9-19-15(11-17)16(18)14-7-6-12-4-2-3-5-13(12)10-14/h2-7,10,15H,8-9,11H2,1H3. The van der Waals surface area contributed by atoms with Crippen molar-refractivity contribution in [1.29, 1.82) is 0 Å². The number of Topliss-reactive ketones (excluding diaryl/α,β-unsaturated/α-hetero) is 1. The van der Waals surface area contributed by atoms with Crippen molar-refractivity contribution in [2.45, 2.75) is 6.10 Å². The fourth-order valence-electron chi connectivity index (χ4n) is 2.46. The summed E-state index contributed by atoms with van der Waals surface area (Å²) in [4.78, 5) is 14.6. The molecule has 1 aliphatic heterocycles. The summed E-state index contributed by atoms with van der Waals surface area (Å²) < 4.78 is 5.59. The Morgan fingerprint density at radius 2 is 2.00 bits per heavy atom. The van der Waals surface area contributed by atoms with Crippen LogP contribution in [0.15, 0.2) is 42.5 Å². The van der Waals surface area contributed by atoms with Crippen LogP contribution in [-0.4, -0.2) is 43.5 Å². The lowest BCUT2D eigenvalue weighted by Gasteiger charge is -2.29. The number of morpholine rings is 1. The zero-order valence-corrected chi connectivity index (χ0v) is 11.0. The number of ether oxygens (including phenoxy) is 1. The number of ketones is 1. The molecule has 1 aliphatic rings. The zero-order valence-electron chi connectivity index (χ0n) is 11.0. The van der Waals surface area contributed by atoms with Gasteiger partial charge < -0.3 is 9.64 Å². The van der Waals surface area contributed by atoms with Crippen LogP contribution >= 0.6 is 0 Å². The van der Waals surface area contributed by atoms with Gasteiger partial charge in [0.05, 0.1) is 6.61 Å². The highest BCUT2D eigenvalue weighted by Crippen LogP contribution is 2.18. The van der Waals surface area contributed by atoms with Crippen molar-refractivity contribution in [2.75, 3.05) is 26.7 Å². The van der Waals surface area contributed by atoms with Crippen LogP contribution in [0, 0.1) is 0 Å². The lowest BCUT2D eigenvalue weighted by atomic mass is 10.0. The van der Waals surface area contributed by atoms with Crippen LogP contribution in [0.4, 0.5) is 0 Å². The van der Waals surface area contributed by atoms with E-state index >= 15 is 0 Å². The van der Waals surface area contributed by atoms with Crippen molar-refractivity contribution in [2.24, 2.45) is 0 Å². The van der Waals surface area contributed by atoms with E-state index in [9.17, 15) is 4.79 Å². The molecule has 0 amide bonds. The van der Waals surface area contributed by atoms with E-state index in [2.05, 4.69) is 11.0 Å². The molecule has 1 atom stereocenters. The molecule has 0 N–H and O–H groups in total. The van der Waals surface area contributed by atoms with Crippen molar-refractivity contribution in [1.82, 2.24) is 4.90 Å². The Balaban J connectivity index is 1.88. The second-order valence-electron chi connectivity index (χ2n) is 5.05. The number of hydrogen-bond donors (Lipinski definition) is 0. The zero-order chi connectivity index (χ0) is 13.2. The van der Waals surface area contributed by atoms with E-state index in [4.69, 9.17) is 4.74 Å². The average Bonchev–Trinajstić information content (AvgIpc) is 2.46. The van der Waals surface area contributed by atoms with Crippen molar-refractivity contribution in [3.05, 3.63) is 48.0 Å². The first-order chi connectivity index (χ1) is 9.24. The SMILES string of the molecule is CN1CCOC(C(=O)c2ccc3ccccc3c2)C1. The number of likely N-dealkylation sites (N-methyl/N-ethyl adjacent to an activating group) is 1. The summed E-state index contributed by atoms with van der Waals surface area (Å²) in [5, 5.41) is 2.25. The Hall–Kier alpha value is -1.71. The average molecular weight is 255 g/mol. The maximum absolute atomic E-state index is 12.4. The summed E-state index contributed by atoms with van der Waals surface area (Å²) in [5.74, 6) is 0.0808. The fourth-order valence-corrected chi connectivity index (χ4v) is 2.46. The molecular weight excluding hydrogens is 238 g/mol. The molecule has 0 aliphatic carbocycles. The summed E-state index contributed by atoms with van der Waals surface area (Å²) in [6.07, 6.45) is -0.333. The van der Waals surface area contributed by atoms with Gasteiger partial charge in [-0.1, -0.05) is 36.4 Å². The molecule has 1 unspecified atom stereocenters. The van der Waals surface area contributed by atoms with Gasteiger partial charge in [-0.25, -0.2) is 0 Å². The molecule has 1 heterocycles. The highest BCUT2D eigenvalue weighted by atomic mass is 16.5. The summed E-state index contributed by atoms with van der Waals surface area (Å²) in [5.41, 5.74) is 0.735. The highest BCUT2D eigenvalue weighted by Gasteiger charge is 2.25. The predicted molar refractivity (Wildman–Crippen MR) is 75.5 cm³/mol. The third-order valence-corrected chi connectivity index (χ3v) is 3.60. The number of fused-ring (bicyclic) bond motifs is 1. The van der Waals surface area contributed by atoms with Gasteiger partial charge in [-0.05, 0) is 23.9 Å². The van der Waals surface area contributed by atoms with Gasteiger partial charge in [0.25, 0.3) is 0 Å². The van der Waals surface area contributed by atoms with Crippen molar-refractivity contribution in [3.8, 4) is 0 Å². The van der Waals surface area contributed by atoms with E-state index in [1.165, 1.54) is 0 Å². The van der Waals surface area contributed by atoms with Gasteiger partial charge in [0.1, 0.15) is 6.10 Å². The molecule has 3 heteroatoms. The minimum absolute atomic E-state index is 0.0808. The van der Waals surface area contributed by atoms with Crippen molar-refractivity contribution >= 4 is 16.6 Å². The lowest BCUT2D eigenvalue weighted by Crippen LogP contribution is -2.44. The molecule has 3 nitrogen and oxygen atoms in total. The molecule has 0 radical (unpaired) electrons. The normalized spacial score (nSPS) is 20.6. The van der Waals surface area contributed by atoms with Crippen LogP contribution < -0.4 is 0 Å². The highest BCUT2D eigenvalue weighted by molar-refractivity contribution is 6.02. The number of rotatable bonds is 2. The van der Waals surface area contributed by atoms with E-state index < -0.39 is 0 Å². The molecule has 1 fully saturated rings. The molecule has 0 aromatic heterocycles. The van der Waals surface area contributed by atoms with Crippen molar-refractivity contribution in [3.63, 3.8) is 0 Å². The Labute approximate surface area is 112 Å². The van der Waals surface area contributed by atoms with E-state index in [1.54, 1.807) is 0 Å². The molecule has 2 aromatic rings. The first-order valence-corrected chi connectivity index (χ1v) is 6.57. The smallest absolute Gasteiger partial charge is 0.192 e. The first-order valence-electron chi connectivity index (χ1n) is 6.57. The Kier molecular flexibility index (Phi) is 3.32. The number of benzene rings is 2. The van der Waals surface area contributed by atoms with Crippen LogP contribution in [0.2, 0.25) is 0 Å². The molecule has 0 spiro atoms. The Morgan fingerprint density at radius 1 is 1.21 bits per heavy atom. The van der Waals surface area contributed by atoms with Crippen LogP contribution in [0.3, 0.4) is 0 Å². The van der Waals surface area contributed by atoms with E-state index in [-0.39, 0.29) is 11.9 Å². The second kappa shape index (κ2) is 5.11. The van der Waals surface area contributed by atoms with Gasteiger partial charge in [-0.15, -0.1) is 0 Å². The van der Waals surface area contributed by atoms with Crippen LogP contribution in [0.1, 0.15) is 10.4 Å². The van der Waals surface area contributed by atoms with Crippen LogP contribution in [0.5, 0.6) is 0 Å². The fraction of sp³-hybridized carbons (Fsp3) is 0.312. The summed E-state index contributed by atoms with van der Waals surface area (Å²) in [7, 11) is 2.02. The van der Waals surface area contributed by atoms with Gasteiger partial charge in [-0.3, -0.25) is 4.79 Å². The van der Waals surface area contributed by atoms with Gasteiger partial charge in [-0.2, -0.15) is 0 Å². The van der Waals surface area contributed by atoms with Gasteiger partial charge >= 0.3 is 0 Å². The molecule has 3 rings (SSSR count). The first kappa shape index (κ1) is 12.3. The number of nitrogens with zero attached hydrogens (tertiary/aromatic N) is 1. The molecule has 0 saturated carbocycles. The topological polar surface area (TPSA) is 29.5 Å². The van der Waals surface area contributed by atoms with E-state index in [0.717, 1.165) is 22.9 Å². The van der Waals surface area contributed by atoms with Gasteiger partial charge in [0, 0.05) is 18.7 Å². The molecule has 2 aromatic carbocycles. The molecule has 19 heavy (non-hydrogen) atoms. The Morgan fingerprint density at radius 3 is 2.79 bits per heavy atom. The maximum atomic E-state index is 12.4. The van der Waals surface area contributed by atoms with Crippen LogP contribution in [0.25, 0.3) is 10.8 Å².